The normalized spacial score (nSPS) is 10.5. The molecule has 1 heterocycles. The monoisotopic (exact) mass is 283 g/mol. The fourth-order valence-electron chi connectivity index (χ4n) is 1.57. The van der Waals surface area contributed by atoms with Gasteiger partial charge in [-0.15, -0.1) is 13.2 Å². The zero-order valence-electron chi connectivity index (χ0n) is 11.5. The molecule has 0 unspecified atom stereocenters. The van der Waals surface area contributed by atoms with Gasteiger partial charge in [0.1, 0.15) is 5.75 Å². The first kappa shape index (κ1) is 16.0. The van der Waals surface area contributed by atoms with E-state index in [2.05, 4.69) is 9.72 Å². The minimum atomic E-state index is -4.66. The summed E-state index contributed by atoms with van der Waals surface area (Å²) in [7, 11) is 0. The summed E-state index contributed by atoms with van der Waals surface area (Å²) >= 11 is 0. The molecule has 108 valence electrons. The van der Waals surface area contributed by atoms with E-state index in [0.717, 1.165) is 16.8 Å². The number of pyridine rings is 1. The first-order valence-corrected chi connectivity index (χ1v) is 6.23. The van der Waals surface area contributed by atoms with Crippen LogP contribution in [0.2, 0.25) is 0 Å². The van der Waals surface area contributed by atoms with Gasteiger partial charge in [-0.2, -0.15) is 0 Å². The summed E-state index contributed by atoms with van der Waals surface area (Å²) in [6.07, 6.45) is -3.00. The van der Waals surface area contributed by atoms with Gasteiger partial charge in [0.2, 0.25) is 0 Å². The van der Waals surface area contributed by atoms with Crippen LogP contribution in [0.15, 0.2) is 42.6 Å². The van der Waals surface area contributed by atoms with Crippen molar-refractivity contribution in [3.8, 4) is 16.9 Å². The summed E-state index contributed by atoms with van der Waals surface area (Å²) in [5.41, 5.74) is 2.57. The standard InChI is InChI=1S/C13H10F3NO.C2H6/c1-9-8-11(6-7-17-9)10-2-4-12(5-3-10)18-13(14,15)16;1-2/h2-8H,1H3;1-2H3. The number of halogens is 3. The summed E-state index contributed by atoms with van der Waals surface area (Å²) in [6.45, 7) is 5.85. The molecule has 1 aromatic heterocycles. The molecular weight excluding hydrogens is 267 g/mol. The summed E-state index contributed by atoms with van der Waals surface area (Å²) in [4.78, 5) is 4.06. The van der Waals surface area contributed by atoms with E-state index in [1.165, 1.54) is 12.1 Å². The zero-order chi connectivity index (χ0) is 15.2. The van der Waals surface area contributed by atoms with Crippen molar-refractivity contribution >= 4 is 0 Å². The van der Waals surface area contributed by atoms with E-state index >= 15 is 0 Å². The Morgan fingerprint density at radius 1 is 0.950 bits per heavy atom. The van der Waals surface area contributed by atoms with E-state index in [9.17, 15) is 13.2 Å². The molecule has 0 saturated carbocycles. The highest BCUT2D eigenvalue weighted by Gasteiger charge is 2.30. The molecule has 20 heavy (non-hydrogen) atoms. The van der Waals surface area contributed by atoms with Crippen LogP contribution in [0.5, 0.6) is 5.75 Å². The Hall–Kier alpha value is -2.04. The first-order chi connectivity index (χ1) is 9.44. The van der Waals surface area contributed by atoms with E-state index in [0.29, 0.717) is 0 Å². The van der Waals surface area contributed by atoms with Gasteiger partial charge in [0.15, 0.2) is 0 Å². The quantitative estimate of drug-likeness (QED) is 0.775. The number of aromatic nitrogens is 1. The van der Waals surface area contributed by atoms with Crippen molar-refractivity contribution in [2.45, 2.75) is 27.1 Å². The molecule has 0 saturated heterocycles. The third-order valence-corrected chi connectivity index (χ3v) is 2.32. The highest BCUT2D eigenvalue weighted by molar-refractivity contribution is 5.64. The number of alkyl halides is 3. The number of ether oxygens (including phenoxy) is 1. The van der Waals surface area contributed by atoms with Crippen LogP contribution in [-0.2, 0) is 0 Å². The number of hydrogen-bond donors (Lipinski definition) is 0. The minimum absolute atomic E-state index is 0.225. The van der Waals surface area contributed by atoms with Crippen LogP contribution < -0.4 is 4.74 Å². The van der Waals surface area contributed by atoms with Crippen molar-refractivity contribution in [2.75, 3.05) is 0 Å². The molecule has 0 fully saturated rings. The molecule has 2 nitrogen and oxygen atoms in total. The van der Waals surface area contributed by atoms with Gasteiger partial charge in [-0.1, -0.05) is 26.0 Å². The van der Waals surface area contributed by atoms with Gasteiger partial charge < -0.3 is 4.74 Å². The van der Waals surface area contributed by atoms with Crippen LogP contribution in [-0.4, -0.2) is 11.3 Å². The Bertz CT molecular complexity index is 536. The highest BCUT2D eigenvalue weighted by Crippen LogP contribution is 2.26. The van der Waals surface area contributed by atoms with Crippen molar-refractivity contribution in [1.29, 1.82) is 0 Å². The van der Waals surface area contributed by atoms with E-state index < -0.39 is 6.36 Å². The summed E-state index contributed by atoms with van der Waals surface area (Å²) in [5.74, 6) is -0.225. The number of nitrogens with zero attached hydrogens (tertiary/aromatic N) is 1. The van der Waals surface area contributed by atoms with E-state index in [-0.39, 0.29) is 5.75 Å². The van der Waals surface area contributed by atoms with E-state index in [1.54, 1.807) is 24.4 Å². The van der Waals surface area contributed by atoms with Gasteiger partial charge in [-0.05, 0) is 42.3 Å². The molecule has 0 atom stereocenters. The van der Waals surface area contributed by atoms with Gasteiger partial charge in [0.25, 0.3) is 0 Å². The molecule has 2 aromatic rings. The number of benzene rings is 1. The fraction of sp³-hybridized carbons (Fsp3) is 0.267. The lowest BCUT2D eigenvalue weighted by atomic mass is 10.1. The molecule has 0 amide bonds. The van der Waals surface area contributed by atoms with E-state index in [1.807, 2.05) is 26.8 Å². The smallest absolute Gasteiger partial charge is 0.406 e. The van der Waals surface area contributed by atoms with Crippen molar-refractivity contribution in [3.05, 3.63) is 48.3 Å². The van der Waals surface area contributed by atoms with Crippen molar-refractivity contribution < 1.29 is 17.9 Å². The second-order valence-electron chi connectivity index (χ2n) is 3.76. The van der Waals surface area contributed by atoms with E-state index in [4.69, 9.17) is 0 Å². The summed E-state index contributed by atoms with van der Waals surface area (Å²) in [6, 6.07) is 9.40. The maximum absolute atomic E-state index is 12.0. The third kappa shape index (κ3) is 4.91. The molecule has 0 bridgehead atoms. The van der Waals surface area contributed by atoms with Crippen LogP contribution in [0.1, 0.15) is 19.5 Å². The number of hydrogen-bond acceptors (Lipinski definition) is 2. The third-order valence-electron chi connectivity index (χ3n) is 2.32. The molecule has 0 aliphatic rings. The topological polar surface area (TPSA) is 22.1 Å². The van der Waals surface area contributed by atoms with Gasteiger partial charge in [0.05, 0.1) is 0 Å². The Balaban J connectivity index is 0.000000956. The Kier molecular flexibility index (Phi) is 5.55. The minimum Gasteiger partial charge on any atom is -0.406 e. The largest absolute Gasteiger partial charge is 0.573 e. The van der Waals surface area contributed by atoms with Crippen LogP contribution in [0, 0.1) is 6.92 Å². The number of aryl methyl sites for hydroxylation is 1. The SMILES string of the molecule is CC.Cc1cc(-c2ccc(OC(F)(F)F)cc2)ccn1. The Morgan fingerprint density at radius 2 is 1.55 bits per heavy atom. The Morgan fingerprint density at radius 3 is 2.05 bits per heavy atom. The van der Waals surface area contributed by atoms with Gasteiger partial charge >= 0.3 is 6.36 Å². The molecule has 0 N–H and O–H groups in total. The molecule has 0 radical (unpaired) electrons. The second-order valence-corrected chi connectivity index (χ2v) is 3.76. The maximum atomic E-state index is 12.0. The average Bonchev–Trinajstić information content (AvgIpc) is 2.40. The lowest BCUT2D eigenvalue weighted by Crippen LogP contribution is -2.16. The van der Waals surface area contributed by atoms with Gasteiger partial charge in [0, 0.05) is 11.9 Å². The predicted molar refractivity (Wildman–Crippen MR) is 72.4 cm³/mol. The van der Waals surface area contributed by atoms with Crippen LogP contribution in [0.4, 0.5) is 13.2 Å². The first-order valence-electron chi connectivity index (χ1n) is 6.23. The van der Waals surface area contributed by atoms with Crippen LogP contribution >= 0.6 is 0 Å². The maximum Gasteiger partial charge on any atom is 0.573 e. The van der Waals surface area contributed by atoms with Crippen LogP contribution in [0.25, 0.3) is 11.1 Å². The molecule has 0 aliphatic heterocycles. The van der Waals surface area contributed by atoms with Gasteiger partial charge in [-0.25, -0.2) is 0 Å². The molecule has 5 heteroatoms. The van der Waals surface area contributed by atoms with Gasteiger partial charge in [-0.3, -0.25) is 4.98 Å². The predicted octanol–water partition coefficient (Wildman–Crippen LogP) is 4.98. The zero-order valence-corrected chi connectivity index (χ0v) is 11.5. The summed E-state index contributed by atoms with van der Waals surface area (Å²) < 4.78 is 39.8. The lowest BCUT2D eigenvalue weighted by Gasteiger charge is -2.09. The van der Waals surface area contributed by atoms with Crippen molar-refractivity contribution in [1.82, 2.24) is 4.98 Å². The average molecular weight is 283 g/mol. The van der Waals surface area contributed by atoms with Crippen molar-refractivity contribution in [2.24, 2.45) is 0 Å². The van der Waals surface area contributed by atoms with Crippen LogP contribution in [0.3, 0.4) is 0 Å². The highest BCUT2D eigenvalue weighted by atomic mass is 19.4. The van der Waals surface area contributed by atoms with Crippen molar-refractivity contribution in [3.63, 3.8) is 0 Å². The fourth-order valence-corrected chi connectivity index (χ4v) is 1.57. The lowest BCUT2D eigenvalue weighted by molar-refractivity contribution is -0.274. The summed E-state index contributed by atoms with van der Waals surface area (Å²) in [5, 5.41) is 0. The molecule has 0 spiro atoms. The molecule has 2 rings (SSSR count). The molecule has 1 aromatic carbocycles. The molecule has 0 aliphatic carbocycles. The molecular formula is C15H16F3NO. The second kappa shape index (κ2) is 6.93. The Labute approximate surface area is 116 Å². The number of rotatable bonds is 2.